The summed E-state index contributed by atoms with van der Waals surface area (Å²) in [7, 11) is 0. The van der Waals surface area contributed by atoms with Gasteiger partial charge in [0.1, 0.15) is 6.26 Å². The molecule has 0 spiro atoms. The molecular formula is C18H33N5O2. The van der Waals surface area contributed by atoms with Gasteiger partial charge in [-0.2, -0.15) is 0 Å². The molecule has 142 valence electrons. The number of rotatable bonds is 10. The van der Waals surface area contributed by atoms with Crippen molar-refractivity contribution in [3.05, 3.63) is 18.0 Å². The molecule has 2 rings (SSSR count). The van der Waals surface area contributed by atoms with E-state index in [1.54, 1.807) is 6.26 Å². The summed E-state index contributed by atoms with van der Waals surface area (Å²) < 4.78 is 10.5. The van der Waals surface area contributed by atoms with Gasteiger partial charge in [0.05, 0.1) is 5.69 Å². The van der Waals surface area contributed by atoms with E-state index in [4.69, 9.17) is 14.3 Å². The Morgan fingerprint density at radius 3 is 2.72 bits per heavy atom. The molecule has 0 aliphatic carbocycles. The first kappa shape index (κ1) is 19.7. The topological polar surface area (TPSA) is 66.1 Å². The molecule has 25 heavy (non-hydrogen) atoms. The van der Waals surface area contributed by atoms with Gasteiger partial charge in [0, 0.05) is 65.1 Å². The van der Waals surface area contributed by atoms with Crippen molar-refractivity contribution in [2.75, 3.05) is 52.5 Å². The highest BCUT2D eigenvalue weighted by Crippen LogP contribution is 2.07. The number of unbranched alkanes of at least 4 members (excludes halogenated alkanes) is 1. The molecule has 0 saturated carbocycles. The molecule has 1 aromatic heterocycles. The number of ether oxygens (including phenoxy) is 1. The number of aromatic nitrogens is 1. The zero-order valence-corrected chi connectivity index (χ0v) is 15.7. The number of nitrogens with zero attached hydrogens (tertiary/aromatic N) is 4. The molecule has 1 saturated heterocycles. The Morgan fingerprint density at radius 1 is 1.24 bits per heavy atom. The van der Waals surface area contributed by atoms with E-state index in [1.807, 2.05) is 6.07 Å². The zero-order chi connectivity index (χ0) is 17.7. The largest absolute Gasteiger partial charge is 0.381 e. The van der Waals surface area contributed by atoms with Crippen LogP contribution in [0.5, 0.6) is 0 Å². The van der Waals surface area contributed by atoms with E-state index < -0.39 is 0 Å². The summed E-state index contributed by atoms with van der Waals surface area (Å²) in [6.07, 6.45) is 4.94. The number of hydrogen-bond acceptors (Lipinski definition) is 5. The molecule has 1 fully saturated rings. The molecule has 1 aliphatic rings. The van der Waals surface area contributed by atoms with E-state index in [1.165, 1.54) is 6.42 Å². The summed E-state index contributed by atoms with van der Waals surface area (Å²) in [6.45, 7) is 12.5. The van der Waals surface area contributed by atoms with E-state index in [9.17, 15) is 0 Å². The molecule has 1 N–H and O–H groups in total. The summed E-state index contributed by atoms with van der Waals surface area (Å²) in [5.41, 5.74) is 0.997. The lowest BCUT2D eigenvalue weighted by molar-refractivity contribution is 0.130. The normalized spacial score (nSPS) is 16.4. The number of nitrogens with one attached hydrogen (secondary N) is 1. The molecule has 0 radical (unpaired) electrons. The summed E-state index contributed by atoms with van der Waals surface area (Å²) >= 11 is 0. The lowest BCUT2D eigenvalue weighted by Gasteiger charge is -2.36. The van der Waals surface area contributed by atoms with E-state index in [2.05, 4.69) is 34.1 Å². The van der Waals surface area contributed by atoms with Crippen molar-refractivity contribution >= 4 is 5.96 Å². The third-order valence-electron chi connectivity index (χ3n) is 4.23. The molecular weight excluding hydrogens is 318 g/mol. The van der Waals surface area contributed by atoms with Crippen LogP contribution in [0.1, 0.15) is 38.8 Å². The van der Waals surface area contributed by atoms with Gasteiger partial charge in [-0.15, -0.1) is 0 Å². The Labute approximate surface area is 151 Å². The van der Waals surface area contributed by atoms with Gasteiger partial charge in [-0.25, -0.2) is 0 Å². The fourth-order valence-corrected chi connectivity index (χ4v) is 2.79. The summed E-state index contributed by atoms with van der Waals surface area (Å²) in [5.74, 6) is 1.03. The van der Waals surface area contributed by atoms with Crippen LogP contribution < -0.4 is 5.32 Å². The Morgan fingerprint density at radius 2 is 2.04 bits per heavy atom. The standard InChI is InChI=1S/C18H33N5O2/c1-3-5-13-24-14-6-8-20-18(19-4-2)23-11-9-22(10-12-23)16-17-7-15-25-21-17/h7,15H,3-6,8-14,16H2,1-2H3,(H,19,20). The molecule has 1 aliphatic heterocycles. The van der Waals surface area contributed by atoms with E-state index >= 15 is 0 Å². The number of piperazine rings is 1. The Kier molecular flexibility index (Phi) is 9.36. The molecule has 0 unspecified atom stereocenters. The predicted molar refractivity (Wildman–Crippen MR) is 99.7 cm³/mol. The van der Waals surface area contributed by atoms with Gasteiger partial charge < -0.3 is 19.5 Å². The van der Waals surface area contributed by atoms with Crippen molar-refractivity contribution < 1.29 is 9.26 Å². The van der Waals surface area contributed by atoms with Crippen LogP contribution in [0.25, 0.3) is 0 Å². The second-order valence-electron chi connectivity index (χ2n) is 6.31. The smallest absolute Gasteiger partial charge is 0.194 e. The Balaban J connectivity index is 1.69. The van der Waals surface area contributed by atoms with Gasteiger partial charge in [-0.05, 0) is 19.8 Å². The minimum absolute atomic E-state index is 0.800. The molecule has 0 bridgehead atoms. The maximum absolute atomic E-state index is 5.60. The third kappa shape index (κ3) is 7.44. The molecule has 1 aromatic rings. The highest BCUT2D eigenvalue weighted by Gasteiger charge is 2.20. The Bertz CT molecular complexity index is 470. The molecule has 7 heteroatoms. The first-order valence-electron chi connectivity index (χ1n) is 9.56. The van der Waals surface area contributed by atoms with Crippen molar-refractivity contribution in [2.45, 2.75) is 39.7 Å². The van der Waals surface area contributed by atoms with Crippen molar-refractivity contribution in [2.24, 2.45) is 4.99 Å². The van der Waals surface area contributed by atoms with Gasteiger partial charge in [-0.1, -0.05) is 18.5 Å². The fourth-order valence-electron chi connectivity index (χ4n) is 2.79. The van der Waals surface area contributed by atoms with Gasteiger partial charge in [0.15, 0.2) is 5.96 Å². The second-order valence-corrected chi connectivity index (χ2v) is 6.31. The van der Waals surface area contributed by atoms with Gasteiger partial charge in [-0.3, -0.25) is 9.89 Å². The van der Waals surface area contributed by atoms with Crippen LogP contribution in [0, 0.1) is 0 Å². The molecule has 2 heterocycles. The minimum atomic E-state index is 0.800. The van der Waals surface area contributed by atoms with E-state index in [0.717, 1.165) is 83.5 Å². The monoisotopic (exact) mass is 351 g/mol. The summed E-state index contributed by atoms with van der Waals surface area (Å²) in [5, 5.41) is 7.41. The van der Waals surface area contributed by atoms with Crippen molar-refractivity contribution in [3.63, 3.8) is 0 Å². The van der Waals surface area contributed by atoms with Crippen LogP contribution in [0.15, 0.2) is 21.8 Å². The average Bonchev–Trinajstić information content (AvgIpc) is 3.14. The SMILES string of the molecule is CCCCOCCCN=C(NCC)N1CCN(Cc2ccon2)CC1. The van der Waals surface area contributed by atoms with Crippen LogP contribution in [0.3, 0.4) is 0 Å². The van der Waals surface area contributed by atoms with Crippen molar-refractivity contribution in [3.8, 4) is 0 Å². The minimum Gasteiger partial charge on any atom is -0.381 e. The molecule has 7 nitrogen and oxygen atoms in total. The maximum atomic E-state index is 5.60. The first-order valence-corrected chi connectivity index (χ1v) is 9.56. The van der Waals surface area contributed by atoms with Crippen molar-refractivity contribution in [1.29, 1.82) is 0 Å². The lowest BCUT2D eigenvalue weighted by atomic mass is 10.3. The third-order valence-corrected chi connectivity index (χ3v) is 4.23. The van der Waals surface area contributed by atoms with E-state index in [-0.39, 0.29) is 0 Å². The molecule has 0 amide bonds. The van der Waals surface area contributed by atoms with Crippen LogP contribution in [0.4, 0.5) is 0 Å². The number of hydrogen-bond donors (Lipinski definition) is 1. The van der Waals surface area contributed by atoms with Crippen LogP contribution >= 0.6 is 0 Å². The Hall–Kier alpha value is -1.60. The van der Waals surface area contributed by atoms with Gasteiger partial charge in [0.2, 0.25) is 0 Å². The molecule has 0 aromatic carbocycles. The van der Waals surface area contributed by atoms with Crippen LogP contribution in [-0.4, -0.2) is 73.4 Å². The maximum Gasteiger partial charge on any atom is 0.194 e. The number of aliphatic imine (C=N–C) groups is 1. The summed E-state index contributed by atoms with van der Waals surface area (Å²) in [4.78, 5) is 9.51. The van der Waals surface area contributed by atoms with Crippen molar-refractivity contribution in [1.82, 2.24) is 20.3 Å². The first-order chi connectivity index (χ1) is 12.3. The predicted octanol–water partition coefficient (Wildman–Crippen LogP) is 1.96. The average molecular weight is 351 g/mol. The zero-order valence-electron chi connectivity index (χ0n) is 15.7. The molecule has 0 atom stereocenters. The van der Waals surface area contributed by atoms with Gasteiger partial charge >= 0.3 is 0 Å². The van der Waals surface area contributed by atoms with Crippen LogP contribution in [-0.2, 0) is 11.3 Å². The highest BCUT2D eigenvalue weighted by atomic mass is 16.5. The quantitative estimate of drug-likeness (QED) is 0.395. The van der Waals surface area contributed by atoms with Gasteiger partial charge in [0.25, 0.3) is 0 Å². The number of guanidine groups is 1. The van der Waals surface area contributed by atoms with Crippen LogP contribution in [0.2, 0.25) is 0 Å². The lowest BCUT2D eigenvalue weighted by Crippen LogP contribution is -2.52. The van der Waals surface area contributed by atoms with E-state index in [0.29, 0.717) is 0 Å². The second kappa shape index (κ2) is 11.9. The fraction of sp³-hybridized carbons (Fsp3) is 0.778. The highest BCUT2D eigenvalue weighted by molar-refractivity contribution is 5.80. The summed E-state index contributed by atoms with van der Waals surface area (Å²) in [6, 6.07) is 1.93.